The van der Waals surface area contributed by atoms with Gasteiger partial charge in [0.2, 0.25) is 0 Å². The minimum atomic E-state index is -0.441. The van der Waals surface area contributed by atoms with Gasteiger partial charge in [-0.3, -0.25) is 19.8 Å². The molecule has 32 heavy (non-hydrogen) atoms. The highest BCUT2D eigenvalue weighted by atomic mass is 16.6. The van der Waals surface area contributed by atoms with E-state index in [4.69, 9.17) is 13.9 Å². The summed E-state index contributed by atoms with van der Waals surface area (Å²) >= 11 is 0. The van der Waals surface area contributed by atoms with Crippen molar-refractivity contribution in [2.45, 2.75) is 13.0 Å². The van der Waals surface area contributed by atoms with Crippen LogP contribution in [0.4, 0.5) is 11.4 Å². The molecule has 1 amide bonds. The maximum absolute atomic E-state index is 12.9. The number of nitrogens with zero attached hydrogens (tertiary/aromatic N) is 3. The lowest BCUT2D eigenvalue weighted by Crippen LogP contribution is -2.43. The van der Waals surface area contributed by atoms with Gasteiger partial charge in [-0.1, -0.05) is 0 Å². The third-order valence-electron chi connectivity index (χ3n) is 5.82. The van der Waals surface area contributed by atoms with Gasteiger partial charge in [0.15, 0.2) is 0 Å². The second-order valence-electron chi connectivity index (χ2n) is 7.88. The zero-order chi connectivity index (χ0) is 22.5. The van der Waals surface area contributed by atoms with Crippen LogP contribution in [0.1, 0.15) is 27.9 Å². The van der Waals surface area contributed by atoms with Gasteiger partial charge in [-0.25, -0.2) is 0 Å². The van der Waals surface area contributed by atoms with E-state index in [-0.39, 0.29) is 23.2 Å². The second kappa shape index (κ2) is 10.1. The summed E-state index contributed by atoms with van der Waals surface area (Å²) in [6, 6.07) is 8.31. The molecule has 1 aromatic heterocycles. The molecule has 3 heterocycles. The Kier molecular flexibility index (Phi) is 7.03. The standard InChI is InChI=1S/C22H28N4O6/c1-16-2-5-21(32-16)20(25-8-12-31-13-9-25)15-23-22(27)17-3-4-18(19(14-17)26(28)29)24-6-10-30-11-7-24/h2-5,14,20H,6-13,15H2,1H3,(H,23,27)/t20-/m1/s1. The first-order chi connectivity index (χ1) is 15.5. The zero-order valence-corrected chi connectivity index (χ0v) is 18.1. The molecule has 10 heteroatoms. The van der Waals surface area contributed by atoms with Crippen molar-refractivity contribution < 1.29 is 23.6 Å². The summed E-state index contributed by atoms with van der Waals surface area (Å²) < 4.78 is 16.6. The smallest absolute Gasteiger partial charge is 0.293 e. The first kappa shape index (κ1) is 22.3. The predicted molar refractivity (Wildman–Crippen MR) is 117 cm³/mol. The van der Waals surface area contributed by atoms with Crippen molar-refractivity contribution >= 4 is 17.3 Å². The van der Waals surface area contributed by atoms with E-state index in [1.165, 1.54) is 6.07 Å². The summed E-state index contributed by atoms with van der Waals surface area (Å²) in [5.41, 5.74) is 0.683. The van der Waals surface area contributed by atoms with Crippen LogP contribution in [-0.2, 0) is 9.47 Å². The average Bonchev–Trinajstić information content (AvgIpc) is 3.25. The van der Waals surface area contributed by atoms with Crippen LogP contribution in [0, 0.1) is 17.0 Å². The van der Waals surface area contributed by atoms with Crippen LogP contribution in [0.5, 0.6) is 0 Å². The minimum Gasteiger partial charge on any atom is -0.465 e. The van der Waals surface area contributed by atoms with Crippen molar-refractivity contribution in [1.82, 2.24) is 10.2 Å². The fourth-order valence-corrected chi connectivity index (χ4v) is 4.11. The number of benzene rings is 1. The molecule has 0 radical (unpaired) electrons. The SMILES string of the molecule is Cc1ccc([C@@H](CNC(=O)c2ccc(N3CCOCC3)c([N+](=O)[O-])c2)N2CCOCC2)o1. The number of nitrogens with one attached hydrogen (secondary N) is 1. The van der Waals surface area contributed by atoms with Crippen LogP contribution in [0.25, 0.3) is 0 Å². The highest BCUT2D eigenvalue weighted by Crippen LogP contribution is 2.30. The Morgan fingerprint density at radius 3 is 2.41 bits per heavy atom. The fraction of sp³-hybridized carbons (Fsp3) is 0.500. The van der Waals surface area contributed by atoms with E-state index in [0.29, 0.717) is 51.7 Å². The van der Waals surface area contributed by atoms with Crippen molar-refractivity contribution in [1.29, 1.82) is 0 Å². The Bertz CT molecular complexity index is 950. The average molecular weight is 444 g/mol. The molecule has 4 rings (SSSR count). The summed E-state index contributed by atoms with van der Waals surface area (Å²) in [6.07, 6.45) is 0. The van der Waals surface area contributed by atoms with Gasteiger partial charge in [-0.05, 0) is 31.2 Å². The van der Waals surface area contributed by atoms with E-state index in [0.717, 1.165) is 24.6 Å². The van der Waals surface area contributed by atoms with Gasteiger partial charge in [-0.15, -0.1) is 0 Å². The van der Waals surface area contributed by atoms with Crippen molar-refractivity contribution in [3.8, 4) is 0 Å². The van der Waals surface area contributed by atoms with Gasteiger partial charge in [0, 0.05) is 44.4 Å². The number of ether oxygens (including phenoxy) is 2. The first-order valence-electron chi connectivity index (χ1n) is 10.8. The molecular formula is C22H28N4O6. The number of furan rings is 1. The van der Waals surface area contributed by atoms with Crippen LogP contribution >= 0.6 is 0 Å². The zero-order valence-electron chi connectivity index (χ0n) is 18.1. The van der Waals surface area contributed by atoms with E-state index in [1.807, 2.05) is 24.0 Å². The summed E-state index contributed by atoms with van der Waals surface area (Å²) in [5.74, 6) is 1.22. The lowest BCUT2D eigenvalue weighted by atomic mass is 10.1. The molecular weight excluding hydrogens is 416 g/mol. The summed E-state index contributed by atoms with van der Waals surface area (Å²) in [4.78, 5) is 28.3. The number of nitro groups is 1. The molecule has 0 bridgehead atoms. The molecule has 2 aliphatic rings. The van der Waals surface area contributed by atoms with Gasteiger partial charge in [0.1, 0.15) is 17.2 Å². The quantitative estimate of drug-likeness (QED) is 0.511. The number of morpholine rings is 2. The molecule has 1 N–H and O–H groups in total. The van der Waals surface area contributed by atoms with Crippen LogP contribution in [-0.4, -0.2) is 74.9 Å². The Labute approximate surface area is 186 Å². The number of carbonyl (C=O) groups is 1. The monoisotopic (exact) mass is 444 g/mol. The largest absolute Gasteiger partial charge is 0.465 e. The Morgan fingerprint density at radius 1 is 1.09 bits per heavy atom. The van der Waals surface area contributed by atoms with E-state index < -0.39 is 4.92 Å². The lowest BCUT2D eigenvalue weighted by Gasteiger charge is -2.33. The molecule has 2 saturated heterocycles. The summed E-state index contributed by atoms with van der Waals surface area (Å²) in [6.45, 7) is 7.13. The molecule has 10 nitrogen and oxygen atoms in total. The molecule has 1 aromatic carbocycles. The lowest BCUT2D eigenvalue weighted by molar-refractivity contribution is -0.384. The highest BCUT2D eigenvalue weighted by molar-refractivity contribution is 5.95. The normalized spacial score (nSPS) is 18.3. The molecule has 0 aliphatic carbocycles. The number of nitro benzene ring substituents is 1. The van der Waals surface area contributed by atoms with Gasteiger partial charge >= 0.3 is 0 Å². The maximum Gasteiger partial charge on any atom is 0.293 e. The minimum absolute atomic E-state index is 0.0778. The maximum atomic E-state index is 12.9. The third-order valence-corrected chi connectivity index (χ3v) is 5.82. The highest BCUT2D eigenvalue weighted by Gasteiger charge is 2.27. The topological polar surface area (TPSA) is 110 Å². The van der Waals surface area contributed by atoms with E-state index in [1.54, 1.807) is 12.1 Å². The Morgan fingerprint density at radius 2 is 1.78 bits per heavy atom. The summed E-state index contributed by atoms with van der Waals surface area (Å²) in [5, 5.41) is 14.6. The van der Waals surface area contributed by atoms with Crippen LogP contribution in [0.2, 0.25) is 0 Å². The predicted octanol–water partition coefficient (Wildman–Crippen LogP) is 2.14. The molecule has 0 spiro atoms. The van der Waals surface area contributed by atoms with Gasteiger partial charge < -0.3 is 24.1 Å². The molecule has 2 aliphatic heterocycles. The van der Waals surface area contributed by atoms with E-state index in [9.17, 15) is 14.9 Å². The number of hydrogen-bond acceptors (Lipinski definition) is 8. The van der Waals surface area contributed by atoms with Crippen LogP contribution in [0.15, 0.2) is 34.7 Å². The van der Waals surface area contributed by atoms with Gasteiger partial charge in [0.05, 0.1) is 37.4 Å². The van der Waals surface area contributed by atoms with Crippen molar-refractivity contribution in [3.05, 3.63) is 57.5 Å². The third kappa shape index (κ3) is 5.09. The van der Waals surface area contributed by atoms with Gasteiger partial charge in [0.25, 0.3) is 11.6 Å². The molecule has 0 unspecified atom stereocenters. The number of hydrogen-bond donors (Lipinski definition) is 1. The van der Waals surface area contributed by atoms with Crippen molar-refractivity contribution in [2.24, 2.45) is 0 Å². The van der Waals surface area contributed by atoms with E-state index in [2.05, 4.69) is 10.2 Å². The molecule has 2 aromatic rings. The summed E-state index contributed by atoms with van der Waals surface area (Å²) in [7, 11) is 0. The first-order valence-corrected chi connectivity index (χ1v) is 10.8. The van der Waals surface area contributed by atoms with Crippen molar-refractivity contribution in [2.75, 3.05) is 64.1 Å². The van der Waals surface area contributed by atoms with Gasteiger partial charge in [-0.2, -0.15) is 0 Å². The number of aryl methyl sites for hydroxylation is 1. The number of rotatable bonds is 7. The molecule has 1 atom stereocenters. The molecule has 2 fully saturated rings. The van der Waals surface area contributed by atoms with E-state index >= 15 is 0 Å². The van der Waals surface area contributed by atoms with Crippen LogP contribution in [0.3, 0.4) is 0 Å². The number of amides is 1. The van der Waals surface area contributed by atoms with Crippen molar-refractivity contribution in [3.63, 3.8) is 0 Å². The second-order valence-corrected chi connectivity index (χ2v) is 7.88. The Balaban J connectivity index is 1.49. The van der Waals surface area contributed by atoms with Crippen LogP contribution < -0.4 is 10.2 Å². The number of anilines is 1. The Hall–Kier alpha value is -2.95. The molecule has 0 saturated carbocycles. The fourth-order valence-electron chi connectivity index (χ4n) is 4.11. The molecule has 172 valence electrons. The number of carbonyl (C=O) groups excluding carboxylic acids is 1.